The monoisotopic (exact) mass is 376 g/mol. The maximum Gasteiger partial charge on any atom is 0.243 e. The molecule has 0 spiro atoms. The summed E-state index contributed by atoms with van der Waals surface area (Å²) in [6.45, 7) is 5.31. The molecular weight excluding hydrogens is 348 g/mol. The van der Waals surface area contributed by atoms with Gasteiger partial charge in [-0.2, -0.15) is 0 Å². The van der Waals surface area contributed by atoms with E-state index in [0.717, 1.165) is 29.8 Å². The molecule has 3 aromatic rings. The van der Waals surface area contributed by atoms with E-state index in [1.165, 1.54) is 12.0 Å². The SMILES string of the molecule is C[C@H]1CCC[C@H](C)N1C(=O)Cn1c(NCc2ccccc2)nc2ccccc21. The number of piperidine rings is 1. The molecule has 0 bridgehead atoms. The lowest BCUT2D eigenvalue weighted by molar-refractivity contribution is -0.137. The Balaban J connectivity index is 1.60. The van der Waals surface area contributed by atoms with Gasteiger partial charge in [0.05, 0.1) is 11.0 Å². The summed E-state index contributed by atoms with van der Waals surface area (Å²) in [5.41, 5.74) is 3.08. The second-order valence-electron chi connectivity index (χ2n) is 7.78. The molecule has 1 amide bonds. The van der Waals surface area contributed by atoms with Crippen molar-refractivity contribution in [3.8, 4) is 0 Å². The van der Waals surface area contributed by atoms with Gasteiger partial charge in [-0.1, -0.05) is 42.5 Å². The smallest absolute Gasteiger partial charge is 0.243 e. The summed E-state index contributed by atoms with van der Waals surface area (Å²) in [5.74, 6) is 0.918. The number of nitrogens with zero attached hydrogens (tertiary/aromatic N) is 3. The molecule has 0 saturated carbocycles. The molecule has 1 aliphatic rings. The highest BCUT2D eigenvalue weighted by atomic mass is 16.2. The van der Waals surface area contributed by atoms with Crippen LogP contribution in [-0.2, 0) is 17.9 Å². The van der Waals surface area contributed by atoms with E-state index >= 15 is 0 Å². The normalized spacial score (nSPS) is 19.7. The van der Waals surface area contributed by atoms with E-state index in [4.69, 9.17) is 4.98 Å². The molecule has 2 heterocycles. The molecule has 28 heavy (non-hydrogen) atoms. The quantitative estimate of drug-likeness (QED) is 0.716. The lowest BCUT2D eigenvalue weighted by atomic mass is 9.97. The van der Waals surface area contributed by atoms with Crippen molar-refractivity contribution in [2.75, 3.05) is 5.32 Å². The highest BCUT2D eigenvalue weighted by Crippen LogP contribution is 2.25. The topological polar surface area (TPSA) is 50.2 Å². The third-order valence-electron chi connectivity index (χ3n) is 5.72. The van der Waals surface area contributed by atoms with Crippen molar-refractivity contribution in [2.24, 2.45) is 0 Å². The van der Waals surface area contributed by atoms with Crippen LogP contribution in [0, 0.1) is 0 Å². The molecule has 1 fully saturated rings. The molecule has 4 rings (SSSR count). The Morgan fingerprint density at radius 2 is 1.71 bits per heavy atom. The molecule has 2 atom stereocenters. The van der Waals surface area contributed by atoms with Crippen LogP contribution >= 0.6 is 0 Å². The van der Waals surface area contributed by atoms with Crippen LogP contribution in [0.25, 0.3) is 11.0 Å². The van der Waals surface area contributed by atoms with Crippen LogP contribution in [0.2, 0.25) is 0 Å². The molecule has 5 heteroatoms. The van der Waals surface area contributed by atoms with E-state index < -0.39 is 0 Å². The van der Waals surface area contributed by atoms with Crippen LogP contribution < -0.4 is 5.32 Å². The molecule has 2 aromatic carbocycles. The number of likely N-dealkylation sites (tertiary alicyclic amines) is 1. The number of aromatic nitrogens is 2. The summed E-state index contributed by atoms with van der Waals surface area (Å²) >= 11 is 0. The number of para-hydroxylation sites is 2. The molecular formula is C23H28N4O. The molecule has 1 aromatic heterocycles. The third-order valence-corrected chi connectivity index (χ3v) is 5.72. The van der Waals surface area contributed by atoms with E-state index in [0.29, 0.717) is 25.2 Å². The zero-order chi connectivity index (χ0) is 19.5. The van der Waals surface area contributed by atoms with Crippen molar-refractivity contribution in [2.45, 2.75) is 58.3 Å². The molecule has 0 unspecified atom stereocenters. The molecule has 146 valence electrons. The van der Waals surface area contributed by atoms with E-state index in [2.05, 4.69) is 36.2 Å². The Bertz CT molecular complexity index is 940. The van der Waals surface area contributed by atoms with Crippen LogP contribution in [0.15, 0.2) is 54.6 Å². The average Bonchev–Trinajstić information content (AvgIpc) is 3.04. The van der Waals surface area contributed by atoms with Crippen LogP contribution in [0.3, 0.4) is 0 Å². The number of nitrogens with one attached hydrogen (secondary N) is 1. The van der Waals surface area contributed by atoms with Crippen molar-refractivity contribution in [3.63, 3.8) is 0 Å². The van der Waals surface area contributed by atoms with Crippen molar-refractivity contribution in [3.05, 3.63) is 60.2 Å². The number of amides is 1. The predicted octanol–water partition coefficient (Wildman–Crippen LogP) is 4.44. The highest BCUT2D eigenvalue weighted by Gasteiger charge is 2.29. The fraction of sp³-hybridized carbons (Fsp3) is 0.391. The number of imidazole rings is 1. The minimum Gasteiger partial charge on any atom is -0.352 e. The highest BCUT2D eigenvalue weighted by molar-refractivity contribution is 5.83. The molecule has 0 radical (unpaired) electrons. The van der Waals surface area contributed by atoms with Crippen molar-refractivity contribution in [1.82, 2.24) is 14.5 Å². The first-order valence-electron chi connectivity index (χ1n) is 10.2. The van der Waals surface area contributed by atoms with E-state index in [1.54, 1.807) is 0 Å². The summed E-state index contributed by atoms with van der Waals surface area (Å²) in [6, 6.07) is 18.9. The Morgan fingerprint density at radius 3 is 2.46 bits per heavy atom. The molecule has 5 nitrogen and oxygen atoms in total. The lowest BCUT2D eigenvalue weighted by Gasteiger charge is -2.39. The van der Waals surface area contributed by atoms with Gasteiger partial charge in [0.25, 0.3) is 0 Å². The van der Waals surface area contributed by atoms with Gasteiger partial charge in [-0.05, 0) is 50.8 Å². The Kier molecular flexibility index (Phi) is 5.33. The number of hydrogen-bond donors (Lipinski definition) is 1. The van der Waals surface area contributed by atoms with Crippen LogP contribution in [0.1, 0.15) is 38.7 Å². The Hall–Kier alpha value is -2.82. The summed E-state index contributed by atoms with van der Waals surface area (Å²) in [5, 5.41) is 3.43. The van der Waals surface area contributed by atoms with Crippen molar-refractivity contribution >= 4 is 22.9 Å². The number of carbonyl (C=O) groups excluding carboxylic acids is 1. The maximum atomic E-state index is 13.2. The second-order valence-corrected chi connectivity index (χ2v) is 7.78. The van der Waals surface area contributed by atoms with Gasteiger partial charge in [0.1, 0.15) is 6.54 Å². The summed E-state index contributed by atoms with van der Waals surface area (Å²) in [6.07, 6.45) is 3.36. The zero-order valence-corrected chi connectivity index (χ0v) is 16.6. The minimum atomic E-state index is 0.172. The van der Waals surface area contributed by atoms with E-state index in [-0.39, 0.29) is 5.91 Å². The van der Waals surface area contributed by atoms with Gasteiger partial charge in [0.15, 0.2) is 0 Å². The number of carbonyl (C=O) groups is 1. The van der Waals surface area contributed by atoms with Gasteiger partial charge in [0, 0.05) is 18.6 Å². The van der Waals surface area contributed by atoms with Gasteiger partial charge in [-0.15, -0.1) is 0 Å². The van der Waals surface area contributed by atoms with E-state index in [9.17, 15) is 4.79 Å². The second kappa shape index (κ2) is 8.05. The molecule has 1 aliphatic heterocycles. The van der Waals surface area contributed by atoms with Gasteiger partial charge in [-0.3, -0.25) is 4.79 Å². The van der Waals surface area contributed by atoms with Gasteiger partial charge in [0.2, 0.25) is 11.9 Å². The summed E-state index contributed by atoms with van der Waals surface area (Å²) in [7, 11) is 0. The number of benzene rings is 2. The first-order chi connectivity index (χ1) is 13.6. The van der Waals surface area contributed by atoms with Crippen molar-refractivity contribution in [1.29, 1.82) is 0 Å². The standard InChI is InChI=1S/C23H28N4O/c1-17-9-8-10-18(2)27(17)22(28)16-26-21-14-7-6-13-20(21)25-23(26)24-15-19-11-4-3-5-12-19/h3-7,11-14,17-18H,8-10,15-16H2,1-2H3,(H,24,25)/t17-,18-/m0/s1. The van der Waals surface area contributed by atoms with Gasteiger partial charge in [-0.25, -0.2) is 4.98 Å². The van der Waals surface area contributed by atoms with E-state index in [1.807, 2.05) is 47.0 Å². The predicted molar refractivity (Wildman–Crippen MR) is 113 cm³/mol. The molecule has 1 N–H and O–H groups in total. The Labute approximate surface area is 166 Å². The fourth-order valence-electron chi connectivity index (χ4n) is 4.28. The van der Waals surface area contributed by atoms with Crippen LogP contribution in [0.4, 0.5) is 5.95 Å². The number of rotatable bonds is 5. The first kappa shape index (κ1) is 18.5. The number of hydrogen-bond acceptors (Lipinski definition) is 3. The fourth-order valence-corrected chi connectivity index (χ4v) is 4.28. The number of anilines is 1. The van der Waals surface area contributed by atoms with Crippen LogP contribution in [-0.4, -0.2) is 32.4 Å². The van der Waals surface area contributed by atoms with Gasteiger partial charge < -0.3 is 14.8 Å². The average molecular weight is 377 g/mol. The lowest BCUT2D eigenvalue weighted by Crippen LogP contribution is -2.48. The van der Waals surface area contributed by atoms with Crippen LogP contribution in [0.5, 0.6) is 0 Å². The van der Waals surface area contributed by atoms with Gasteiger partial charge >= 0.3 is 0 Å². The largest absolute Gasteiger partial charge is 0.352 e. The minimum absolute atomic E-state index is 0.172. The zero-order valence-electron chi connectivity index (χ0n) is 16.6. The third kappa shape index (κ3) is 3.75. The maximum absolute atomic E-state index is 13.2. The Morgan fingerprint density at radius 1 is 1.04 bits per heavy atom. The summed E-state index contributed by atoms with van der Waals surface area (Å²) in [4.78, 5) is 20.0. The molecule has 1 saturated heterocycles. The first-order valence-corrected chi connectivity index (χ1v) is 10.2. The summed E-state index contributed by atoms with van der Waals surface area (Å²) < 4.78 is 2.02. The molecule has 0 aliphatic carbocycles. The number of fused-ring (bicyclic) bond motifs is 1. The van der Waals surface area contributed by atoms with Crippen molar-refractivity contribution < 1.29 is 4.79 Å².